The molecule has 0 spiro atoms. The van der Waals surface area contributed by atoms with Crippen molar-refractivity contribution >= 4 is 26.7 Å². The molecule has 0 saturated carbocycles. The van der Waals surface area contributed by atoms with Gasteiger partial charge < -0.3 is 5.32 Å². The zero-order valence-electron chi connectivity index (χ0n) is 11.0. The highest BCUT2D eigenvalue weighted by Crippen LogP contribution is 2.28. The lowest BCUT2D eigenvalue weighted by atomic mass is 10.2. The van der Waals surface area contributed by atoms with Gasteiger partial charge in [0.2, 0.25) is 0 Å². The third-order valence-corrected chi connectivity index (χ3v) is 4.12. The van der Waals surface area contributed by atoms with Crippen molar-refractivity contribution in [1.82, 2.24) is 9.97 Å². The molecule has 3 rings (SSSR count). The first-order valence-corrected chi connectivity index (χ1v) is 7.06. The number of nitrogens with zero attached hydrogens (tertiary/aromatic N) is 2. The summed E-state index contributed by atoms with van der Waals surface area (Å²) in [6.45, 7) is 4.88. The Kier molecular flexibility index (Phi) is 3.17. The summed E-state index contributed by atoms with van der Waals surface area (Å²) < 4.78 is 1.22. The molecule has 4 heteroatoms. The van der Waals surface area contributed by atoms with Gasteiger partial charge in [-0.25, -0.2) is 4.98 Å². The molecule has 0 amide bonds. The summed E-state index contributed by atoms with van der Waals surface area (Å²) in [5, 5.41) is 4.32. The van der Waals surface area contributed by atoms with Crippen LogP contribution in [0.1, 0.15) is 16.8 Å². The van der Waals surface area contributed by atoms with Crippen molar-refractivity contribution in [2.75, 3.05) is 5.32 Å². The summed E-state index contributed by atoms with van der Waals surface area (Å²) in [5.41, 5.74) is 4.58. The molecule has 0 radical (unpaired) electrons. The smallest absolute Gasteiger partial charge is 0.184 e. The number of aromatic nitrogens is 2. The van der Waals surface area contributed by atoms with Crippen LogP contribution in [0.25, 0.3) is 10.2 Å². The van der Waals surface area contributed by atoms with Crippen LogP contribution in [-0.4, -0.2) is 9.97 Å². The van der Waals surface area contributed by atoms with Gasteiger partial charge >= 0.3 is 0 Å². The summed E-state index contributed by atoms with van der Waals surface area (Å²) in [4.78, 5) is 9.02. The molecule has 3 nitrogen and oxygen atoms in total. The second kappa shape index (κ2) is 4.97. The van der Waals surface area contributed by atoms with Crippen LogP contribution in [0.3, 0.4) is 0 Å². The molecule has 0 unspecified atom stereocenters. The van der Waals surface area contributed by atoms with E-state index in [2.05, 4.69) is 53.4 Å². The first-order chi connectivity index (χ1) is 9.24. The molecule has 0 aliphatic heterocycles. The van der Waals surface area contributed by atoms with Gasteiger partial charge in [0.1, 0.15) is 0 Å². The van der Waals surface area contributed by atoms with E-state index in [4.69, 9.17) is 0 Å². The van der Waals surface area contributed by atoms with Gasteiger partial charge in [0, 0.05) is 6.20 Å². The largest absolute Gasteiger partial charge is 0.356 e. The van der Waals surface area contributed by atoms with Crippen LogP contribution >= 0.6 is 11.3 Å². The van der Waals surface area contributed by atoms with Crippen molar-refractivity contribution in [3.63, 3.8) is 0 Å². The zero-order chi connectivity index (χ0) is 13.2. The van der Waals surface area contributed by atoms with E-state index in [-0.39, 0.29) is 0 Å². The topological polar surface area (TPSA) is 37.8 Å². The molecule has 0 aliphatic rings. The lowest BCUT2D eigenvalue weighted by molar-refractivity contribution is 1.02. The molecule has 2 aromatic heterocycles. The molecule has 1 N–H and O–H groups in total. The molecule has 0 atom stereocenters. The van der Waals surface area contributed by atoms with E-state index in [1.807, 2.05) is 12.3 Å². The van der Waals surface area contributed by atoms with Gasteiger partial charge in [0.05, 0.1) is 22.5 Å². The number of nitrogens with one attached hydrogen (secondary N) is 1. The van der Waals surface area contributed by atoms with E-state index in [0.717, 1.165) is 16.3 Å². The molecule has 19 heavy (non-hydrogen) atoms. The molecule has 3 aromatic rings. The third kappa shape index (κ3) is 2.44. The van der Waals surface area contributed by atoms with Crippen LogP contribution in [0.15, 0.2) is 36.5 Å². The van der Waals surface area contributed by atoms with Gasteiger partial charge in [-0.05, 0) is 37.1 Å². The van der Waals surface area contributed by atoms with Crippen molar-refractivity contribution in [2.45, 2.75) is 20.4 Å². The standard InChI is InChI=1S/C15H15N3S/c1-10-6-4-8-16-12(10)9-17-15-18-14-11(2)5-3-7-13(14)19-15/h3-8H,9H2,1-2H3,(H,17,18). The molecule has 1 aromatic carbocycles. The monoisotopic (exact) mass is 269 g/mol. The Morgan fingerprint density at radius 3 is 2.74 bits per heavy atom. The quantitative estimate of drug-likeness (QED) is 0.783. The second-order valence-electron chi connectivity index (χ2n) is 4.56. The van der Waals surface area contributed by atoms with Crippen molar-refractivity contribution in [3.05, 3.63) is 53.3 Å². The fraction of sp³-hybridized carbons (Fsp3) is 0.200. The van der Waals surface area contributed by atoms with Crippen molar-refractivity contribution < 1.29 is 0 Å². The minimum absolute atomic E-state index is 0.714. The number of hydrogen-bond donors (Lipinski definition) is 1. The van der Waals surface area contributed by atoms with E-state index < -0.39 is 0 Å². The SMILES string of the molecule is Cc1cccnc1CNc1nc2c(C)cccc2s1. The first-order valence-electron chi connectivity index (χ1n) is 6.24. The molecule has 0 fully saturated rings. The molecule has 96 valence electrons. The van der Waals surface area contributed by atoms with Crippen molar-refractivity contribution in [1.29, 1.82) is 0 Å². The van der Waals surface area contributed by atoms with E-state index in [1.54, 1.807) is 11.3 Å². The average Bonchev–Trinajstić information content (AvgIpc) is 2.82. The number of thiazole rings is 1. The Labute approximate surface area is 116 Å². The summed E-state index contributed by atoms with van der Waals surface area (Å²) in [6.07, 6.45) is 1.83. The fourth-order valence-electron chi connectivity index (χ4n) is 2.02. The number of anilines is 1. The van der Waals surface area contributed by atoms with Gasteiger partial charge in [-0.3, -0.25) is 4.98 Å². The highest BCUT2D eigenvalue weighted by atomic mass is 32.1. The average molecular weight is 269 g/mol. The summed E-state index contributed by atoms with van der Waals surface area (Å²) in [6, 6.07) is 10.3. The molecule has 0 bridgehead atoms. The van der Waals surface area contributed by atoms with Gasteiger partial charge in [0.15, 0.2) is 5.13 Å². The van der Waals surface area contributed by atoms with E-state index in [1.165, 1.54) is 15.8 Å². The molecule has 0 saturated heterocycles. The van der Waals surface area contributed by atoms with Gasteiger partial charge in [-0.2, -0.15) is 0 Å². The van der Waals surface area contributed by atoms with E-state index in [0.29, 0.717) is 6.54 Å². The van der Waals surface area contributed by atoms with Gasteiger partial charge in [0.25, 0.3) is 0 Å². The molecule has 0 aliphatic carbocycles. The molecular weight excluding hydrogens is 254 g/mol. The van der Waals surface area contributed by atoms with Crippen molar-refractivity contribution in [3.8, 4) is 0 Å². The van der Waals surface area contributed by atoms with Crippen LogP contribution in [0, 0.1) is 13.8 Å². The normalized spacial score (nSPS) is 10.8. The van der Waals surface area contributed by atoms with Crippen molar-refractivity contribution in [2.24, 2.45) is 0 Å². The number of benzene rings is 1. The number of pyridine rings is 1. The zero-order valence-corrected chi connectivity index (χ0v) is 11.8. The van der Waals surface area contributed by atoms with E-state index >= 15 is 0 Å². The summed E-state index contributed by atoms with van der Waals surface area (Å²) in [5.74, 6) is 0. The lowest BCUT2D eigenvalue weighted by Gasteiger charge is -2.04. The van der Waals surface area contributed by atoms with E-state index in [9.17, 15) is 0 Å². The maximum absolute atomic E-state index is 4.64. The second-order valence-corrected chi connectivity index (χ2v) is 5.59. The Hall–Kier alpha value is -1.94. The van der Waals surface area contributed by atoms with Gasteiger partial charge in [-0.15, -0.1) is 0 Å². The Morgan fingerprint density at radius 2 is 1.95 bits per heavy atom. The number of rotatable bonds is 3. The number of aryl methyl sites for hydroxylation is 2. The number of hydrogen-bond acceptors (Lipinski definition) is 4. The lowest BCUT2D eigenvalue weighted by Crippen LogP contribution is -2.02. The number of fused-ring (bicyclic) bond motifs is 1. The predicted molar refractivity (Wildman–Crippen MR) is 80.7 cm³/mol. The predicted octanol–water partition coefficient (Wildman–Crippen LogP) is 3.92. The molecular formula is C15H15N3S. The minimum Gasteiger partial charge on any atom is -0.356 e. The molecule has 2 heterocycles. The van der Waals surface area contributed by atoms with Crippen LogP contribution in [0.5, 0.6) is 0 Å². The fourth-order valence-corrected chi connectivity index (χ4v) is 2.96. The Bertz CT molecular complexity index is 718. The third-order valence-electron chi connectivity index (χ3n) is 3.15. The summed E-state index contributed by atoms with van der Waals surface area (Å²) >= 11 is 1.69. The Balaban J connectivity index is 1.83. The maximum atomic E-state index is 4.64. The maximum Gasteiger partial charge on any atom is 0.184 e. The van der Waals surface area contributed by atoms with Gasteiger partial charge in [-0.1, -0.05) is 29.5 Å². The number of para-hydroxylation sites is 1. The van der Waals surface area contributed by atoms with Crippen LogP contribution in [-0.2, 0) is 6.54 Å². The van der Waals surface area contributed by atoms with Crippen LogP contribution in [0.4, 0.5) is 5.13 Å². The summed E-state index contributed by atoms with van der Waals surface area (Å²) in [7, 11) is 0. The highest BCUT2D eigenvalue weighted by Gasteiger charge is 2.06. The van der Waals surface area contributed by atoms with Crippen LogP contribution in [0.2, 0.25) is 0 Å². The Morgan fingerprint density at radius 1 is 1.11 bits per heavy atom. The minimum atomic E-state index is 0.714. The van der Waals surface area contributed by atoms with Crippen LogP contribution < -0.4 is 5.32 Å². The highest BCUT2D eigenvalue weighted by molar-refractivity contribution is 7.22. The first kappa shape index (κ1) is 12.1.